The summed E-state index contributed by atoms with van der Waals surface area (Å²) < 4.78 is 5.22. The molecule has 0 aromatic carbocycles. The molecule has 3 N–H and O–H groups in total. The highest BCUT2D eigenvalue weighted by Gasteiger charge is 2.17. The van der Waals surface area contributed by atoms with E-state index < -0.39 is 11.7 Å². The fourth-order valence-corrected chi connectivity index (χ4v) is 1.93. The minimum atomic E-state index is -0.491. The summed E-state index contributed by atoms with van der Waals surface area (Å²) in [5.41, 5.74) is 0.469. The van der Waals surface area contributed by atoms with E-state index in [1.54, 1.807) is 6.20 Å². The van der Waals surface area contributed by atoms with Crippen LogP contribution in [0.15, 0.2) is 24.5 Å². The first kappa shape index (κ1) is 15.2. The molecule has 0 saturated heterocycles. The standard InChI is InChI=1S/C15H22N4O2/c1-10(19-14(20)21-15(2,3)4)9-18-13-12-11(5-7-16-12)6-8-17-13/h5-8,10,16H,9H2,1-4H3,(H,17,18)(H,19,20)/t10-/m0/s1. The molecule has 0 aliphatic heterocycles. The highest BCUT2D eigenvalue weighted by atomic mass is 16.6. The summed E-state index contributed by atoms with van der Waals surface area (Å²) in [6.45, 7) is 7.98. The molecule has 0 bridgehead atoms. The third-order valence-corrected chi connectivity index (χ3v) is 2.81. The predicted molar refractivity (Wildman–Crippen MR) is 83.4 cm³/mol. The maximum absolute atomic E-state index is 11.7. The maximum Gasteiger partial charge on any atom is 0.407 e. The van der Waals surface area contributed by atoms with Crippen molar-refractivity contribution >= 4 is 22.8 Å². The summed E-state index contributed by atoms with van der Waals surface area (Å²) in [4.78, 5) is 19.1. The largest absolute Gasteiger partial charge is 0.444 e. The highest BCUT2D eigenvalue weighted by Crippen LogP contribution is 2.18. The van der Waals surface area contributed by atoms with Crippen molar-refractivity contribution in [3.05, 3.63) is 24.5 Å². The van der Waals surface area contributed by atoms with Crippen LogP contribution in [0.2, 0.25) is 0 Å². The molecule has 1 amide bonds. The number of nitrogens with zero attached hydrogens (tertiary/aromatic N) is 1. The van der Waals surface area contributed by atoms with Crippen LogP contribution in [-0.4, -0.2) is 34.2 Å². The van der Waals surface area contributed by atoms with Gasteiger partial charge >= 0.3 is 6.09 Å². The predicted octanol–water partition coefficient (Wildman–Crippen LogP) is 2.89. The van der Waals surface area contributed by atoms with Gasteiger partial charge in [-0.25, -0.2) is 9.78 Å². The summed E-state index contributed by atoms with van der Waals surface area (Å²) in [5.74, 6) is 0.773. The van der Waals surface area contributed by atoms with Gasteiger partial charge in [0, 0.05) is 30.4 Å². The molecule has 0 spiro atoms. The molecule has 0 aliphatic rings. The van der Waals surface area contributed by atoms with Crippen molar-refractivity contribution in [1.82, 2.24) is 15.3 Å². The van der Waals surface area contributed by atoms with Crippen molar-refractivity contribution in [2.45, 2.75) is 39.3 Å². The lowest BCUT2D eigenvalue weighted by Gasteiger charge is -2.22. The molecular formula is C15H22N4O2. The molecule has 0 fully saturated rings. The zero-order chi connectivity index (χ0) is 15.5. The quantitative estimate of drug-likeness (QED) is 0.809. The van der Waals surface area contributed by atoms with Crippen LogP contribution in [0.5, 0.6) is 0 Å². The van der Waals surface area contributed by atoms with E-state index in [4.69, 9.17) is 4.74 Å². The van der Waals surface area contributed by atoms with Crippen molar-refractivity contribution in [3.63, 3.8) is 0 Å². The van der Waals surface area contributed by atoms with Crippen molar-refractivity contribution in [1.29, 1.82) is 0 Å². The number of hydrogen-bond donors (Lipinski definition) is 3. The second-order valence-electron chi connectivity index (χ2n) is 6.03. The van der Waals surface area contributed by atoms with Gasteiger partial charge in [0.1, 0.15) is 11.4 Å². The lowest BCUT2D eigenvalue weighted by Crippen LogP contribution is -2.40. The summed E-state index contributed by atoms with van der Waals surface area (Å²) in [6, 6.07) is 3.86. The summed E-state index contributed by atoms with van der Waals surface area (Å²) >= 11 is 0. The summed E-state index contributed by atoms with van der Waals surface area (Å²) in [5, 5.41) is 7.11. The summed E-state index contributed by atoms with van der Waals surface area (Å²) in [7, 11) is 0. The number of carbonyl (C=O) groups excluding carboxylic acids is 1. The van der Waals surface area contributed by atoms with Crippen LogP contribution in [-0.2, 0) is 4.74 Å². The molecular weight excluding hydrogens is 268 g/mol. The van der Waals surface area contributed by atoms with Crippen molar-refractivity contribution < 1.29 is 9.53 Å². The summed E-state index contributed by atoms with van der Waals surface area (Å²) in [6.07, 6.45) is 3.22. The lowest BCUT2D eigenvalue weighted by atomic mass is 10.2. The second kappa shape index (κ2) is 6.03. The van der Waals surface area contributed by atoms with E-state index in [2.05, 4.69) is 20.6 Å². The Morgan fingerprint density at radius 3 is 2.90 bits per heavy atom. The van der Waals surface area contributed by atoms with Gasteiger partial charge in [0.05, 0.1) is 5.52 Å². The van der Waals surface area contributed by atoms with Crippen LogP contribution in [0.4, 0.5) is 10.6 Å². The third kappa shape index (κ3) is 4.37. The molecule has 2 rings (SSSR count). The molecule has 2 aromatic rings. The molecule has 0 radical (unpaired) electrons. The Morgan fingerprint density at radius 1 is 1.43 bits per heavy atom. The van der Waals surface area contributed by atoms with Gasteiger partial charge in [-0.3, -0.25) is 0 Å². The molecule has 0 saturated carbocycles. The number of alkyl carbamates (subject to hydrolysis) is 1. The van der Waals surface area contributed by atoms with E-state index in [0.717, 1.165) is 16.7 Å². The SMILES string of the molecule is C[C@@H](CNc1nccc2cc[nH]c12)NC(=O)OC(C)(C)C. The van der Waals surface area contributed by atoms with Crippen LogP contribution in [0.3, 0.4) is 0 Å². The van der Waals surface area contributed by atoms with Crippen molar-refractivity contribution in [2.24, 2.45) is 0 Å². The monoisotopic (exact) mass is 290 g/mol. The fourth-order valence-electron chi connectivity index (χ4n) is 1.93. The van der Waals surface area contributed by atoms with E-state index in [0.29, 0.717) is 6.54 Å². The van der Waals surface area contributed by atoms with Crippen LogP contribution in [0.25, 0.3) is 10.9 Å². The van der Waals surface area contributed by atoms with Gasteiger partial charge in [-0.15, -0.1) is 0 Å². The van der Waals surface area contributed by atoms with Crippen LogP contribution >= 0.6 is 0 Å². The maximum atomic E-state index is 11.7. The van der Waals surface area contributed by atoms with Crippen LogP contribution in [0.1, 0.15) is 27.7 Å². The molecule has 0 aliphatic carbocycles. The number of hydrogen-bond acceptors (Lipinski definition) is 4. The average molecular weight is 290 g/mol. The van der Waals surface area contributed by atoms with E-state index in [9.17, 15) is 4.79 Å². The Kier molecular flexibility index (Phi) is 4.35. The fraction of sp³-hybridized carbons (Fsp3) is 0.467. The van der Waals surface area contributed by atoms with Crippen LogP contribution < -0.4 is 10.6 Å². The number of anilines is 1. The van der Waals surface area contributed by atoms with Crippen molar-refractivity contribution in [2.75, 3.05) is 11.9 Å². The smallest absolute Gasteiger partial charge is 0.407 e. The van der Waals surface area contributed by atoms with E-state index in [1.165, 1.54) is 0 Å². The van der Waals surface area contributed by atoms with E-state index in [1.807, 2.05) is 46.0 Å². The molecule has 1 atom stereocenters. The molecule has 21 heavy (non-hydrogen) atoms. The molecule has 6 nitrogen and oxygen atoms in total. The molecule has 2 aromatic heterocycles. The minimum absolute atomic E-state index is 0.0770. The van der Waals surface area contributed by atoms with Gasteiger partial charge in [0.15, 0.2) is 0 Å². The zero-order valence-electron chi connectivity index (χ0n) is 12.9. The number of fused-ring (bicyclic) bond motifs is 1. The van der Waals surface area contributed by atoms with Crippen LogP contribution in [0, 0.1) is 0 Å². The minimum Gasteiger partial charge on any atom is -0.444 e. The average Bonchev–Trinajstić information content (AvgIpc) is 2.82. The Morgan fingerprint density at radius 2 is 2.19 bits per heavy atom. The first-order valence-corrected chi connectivity index (χ1v) is 7.00. The Hall–Kier alpha value is -2.24. The number of rotatable bonds is 4. The van der Waals surface area contributed by atoms with E-state index in [-0.39, 0.29) is 6.04 Å². The number of carbonyl (C=O) groups is 1. The molecule has 0 unspecified atom stereocenters. The number of nitrogens with one attached hydrogen (secondary N) is 3. The molecule has 6 heteroatoms. The third-order valence-electron chi connectivity index (χ3n) is 2.81. The van der Waals surface area contributed by atoms with Gasteiger partial charge in [0.2, 0.25) is 0 Å². The molecule has 2 heterocycles. The molecule has 114 valence electrons. The Balaban J connectivity index is 1.88. The normalized spacial score (nSPS) is 13.0. The van der Waals surface area contributed by atoms with Gasteiger partial charge in [0.25, 0.3) is 0 Å². The number of H-pyrrole nitrogens is 1. The first-order chi connectivity index (χ1) is 9.85. The number of aromatic amines is 1. The topological polar surface area (TPSA) is 79.0 Å². The zero-order valence-corrected chi connectivity index (χ0v) is 12.9. The van der Waals surface area contributed by atoms with Crippen molar-refractivity contribution in [3.8, 4) is 0 Å². The van der Waals surface area contributed by atoms with Gasteiger partial charge in [-0.1, -0.05) is 0 Å². The Labute approximate surface area is 124 Å². The second-order valence-corrected chi connectivity index (χ2v) is 6.03. The first-order valence-electron chi connectivity index (χ1n) is 7.00. The number of amides is 1. The van der Waals surface area contributed by atoms with Gasteiger partial charge in [-0.2, -0.15) is 0 Å². The lowest BCUT2D eigenvalue weighted by molar-refractivity contribution is 0.0511. The van der Waals surface area contributed by atoms with Gasteiger partial charge in [-0.05, 0) is 39.8 Å². The van der Waals surface area contributed by atoms with E-state index >= 15 is 0 Å². The number of aromatic nitrogens is 2. The van der Waals surface area contributed by atoms with Gasteiger partial charge < -0.3 is 20.4 Å². The highest BCUT2D eigenvalue weighted by molar-refractivity contribution is 5.88. The number of ether oxygens (including phenoxy) is 1. The Bertz CT molecular complexity index is 615. The number of pyridine rings is 1.